The highest BCUT2D eigenvalue weighted by molar-refractivity contribution is 7.89. The summed E-state index contributed by atoms with van der Waals surface area (Å²) in [6.45, 7) is 0.831. The topological polar surface area (TPSA) is 79.6 Å². The zero-order chi connectivity index (χ0) is 20.7. The van der Waals surface area contributed by atoms with Gasteiger partial charge in [-0.15, -0.1) is 26.3 Å². The minimum Gasteiger partial charge on any atom is -0.404 e. The second-order valence-electron chi connectivity index (χ2n) is 4.80. The molecule has 1 rings (SSSR count). The lowest BCUT2D eigenvalue weighted by molar-refractivity contribution is -0.277. The molecule has 0 unspecified atom stereocenters. The molecule has 0 heterocycles. The highest BCUT2D eigenvalue weighted by Crippen LogP contribution is 2.48. The van der Waals surface area contributed by atoms with Crippen molar-refractivity contribution in [2.75, 3.05) is 14.1 Å². The number of sulfonamides is 1. The summed E-state index contributed by atoms with van der Waals surface area (Å²) in [5, 5.41) is 7.73. The Bertz CT molecular complexity index is 859. The molecule has 0 atom stereocenters. The Hall–Kier alpha value is -1.91. The Labute approximate surface area is 148 Å². The first-order valence-corrected chi connectivity index (χ1v) is 8.05. The standard InChI is InChI=1S/C12H9ClF6N2O4S/c1-5-6(4-20)10(26(22,23)21(2)3)9(25-12(17,18)19)7(13)8(5)24-11(14,15)16/h1-3H3. The molecule has 14 heteroatoms. The van der Waals surface area contributed by atoms with Gasteiger partial charge < -0.3 is 9.47 Å². The van der Waals surface area contributed by atoms with Crippen molar-refractivity contribution >= 4 is 21.6 Å². The van der Waals surface area contributed by atoms with Gasteiger partial charge in [0.25, 0.3) is 0 Å². The molecule has 26 heavy (non-hydrogen) atoms. The molecule has 1 aromatic rings. The molecule has 0 saturated carbocycles. The molecular formula is C12H9ClF6N2O4S. The zero-order valence-electron chi connectivity index (χ0n) is 13.1. The SMILES string of the molecule is Cc1c(C#N)c(S(=O)(=O)N(C)C)c(OC(F)(F)F)c(Cl)c1OC(F)(F)F. The quantitative estimate of drug-likeness (QED) is 0.688. The monoisotopic (exact) mass is 426 g/mol. The van der Waals surface area contributed by atoms with Gasteiger partial charge in [0, 0.05) is 19.7 Å². The van der Waals surface area contributed by atoms with Gasteiger partial charge in [0.1, 0.15) is 16.0 Å². The summed E-state index contributed by atoms with van der Waals surface area (Å²) in [7, 11) is -2.91. The molecule has 146 valence electrons. The van der Waals surface area contributed by atoms with E-state index >= 15 is 0 Å². The molecule has 0 bridgehead atoms. The molecule has 0 radical (unpaired) electrons. The van der Waals surface area contributed by atoms with E-state index in [9.17, 15) is 34.8 Å². The molecule has 6 nitrogen and oxygen atoms in total. The van der Waals surface area contributed by atoms with Crippen LogP contribution in [0.4, 0.5) is 26.3 Å². The number of rotatable bonds is 4. The van der Waals surface area contributed by atoms with Crippen molar-refractivity contribution in [1.29, 1.82) is 5.26 Å². The average molecular weight is 427 g/mol. The molecular weight excluding hydrogens is 418 g/mol. The summed E-state index contributed by atoms with van der Waals surface area (Å²) in [6, 6.07) is 1.25. The molecule has 0 aliphatic heterocycles. The Morgan fingerprint density at radius 1 is 1.04 bits per heavy atom. The van der Waals surface area contributed by atoms with E-state index in [-0.39, 0.29) is 0 Å². The van der Waals surface area contributed by atoms with Crippen LogP contribution in [0.25, 0.3) is 0 Å². The van der Waals surface area contributed by atoms with Gasteiger partial charge in [-0.3, -0.25) is 0 Å². The molecule has 0 amide bonds. The van der Waals surface area contributed by atoms with E-state index in [2.05, 4.69) is 9.47 Å². The van der Waals surface area contributed by atoms with Gasteiger partial charge in [-0.1, -0.05) is 11.6 Å². The number of hydrogen-bond donors (Lipinski definition) is 0. The van der Waals surface area contributed by atoms with Gasteiger partial charge >= 0.3 is 12.7 Å². The first-order valence-electron chi connectivity index (χ1n) is 6.23. The van der Waals surface area contributed by atoms with Gasteiger partial charge in [-0.05, 0) is 6.92 Å². The summed E-state index contributed by atoms with van der Waals surface area (Å²) >= 11 is 5.53. The number of halogens is 7. The number of nitrogens with zero attached hydrogens (tertiary/aromatic N) is 2. The third kappa shape index (κ3) is 4.63. The number of ether oxygens (including phenoxy) is 2. The lowest BCUT2D eigenvalue weighted by Gasteiger charge is -2.22. The van der Waals surface area contributed by atoms with Crippen LogP contribution in [0, 0.1) is 18.3 Å². The number of alkyl halides is 6. The van der Waals surface area contributed by atoms with E-state index < -0.39 is 55.3 Å². The Morgan fingerprint density at radius 2 is 1.46 bits per heavy atom. The van der Waals surface area contributed by atoms with Crippen LogP contribution in [0.15, 0.2) is 4.90 Å². The lowest BCUT2D eigenvalue weighted by Crippen LogP contribution is -2.27. The van der Waals surface area contributed by atoms with Gasteiger partial charge in [0.15, 0.2) is 11.5 Å². The molecule has 0 aromatic heterocycles. The van der Waals surface area contributed by atoms with Gasteiger partial charge in [-0.25, -0.2) is 12.7 Å². The van der Waals surface area contributed by atoms with Crippen molar-refractivity contribution in [2.24, 2.45) is 0 Å². The highest BCUT2D eigenvalue weighted by atomic mass is 35.5. The molecule has 0 spiro atoms. The second-order valence-corrected chi connectivity index (χ2v) is 7.26. The van der Waals surface area contributed by atoms with Crippen LogP contribution in [0.2, 0.25) is 5.02 Å². The largest absolute Gasteiger partial charge is 0.573 e. The Morgan fingerprint density at radius 3 is 1.81 bits per heavy atom. The molecule has 0 saturated heterocycles. The van der Waals surface area contributed by atoms with E-state index in [1.807, 2.05) is 0 Å². The predicted molar refractivity (Wildman–Crippen MR) is 75.1 cm³/mol. The van der Waals surface area contributed by atoms with Gasteiger partial charge in [0.05, 0.1) is 5.56 Å². The molecule has 0 fully saturated rings. The van der Waals surface area contributed by atoms with E-state index in [1.54, 1.807) is 0 Å². The van der Waals surface area contributed by atoms with Crippen molar-refractivity contribution in [1.82, 2.24) is 4.31 Å². The first kappa shape index (κ1) is 22.1. The van der Waals surface area contributed by atoms with Crippen molar-refractivity contribution in [3.05, 3.63) is 16.1 Å². The molecule has 0 aliphatic rings. The molecule has 0 N–H and O–H groups in total. The number of benzene rings is 1. The summed E-state index contributed by atoms with van der Waals surface area (Å²) in [6.07, 6.45) is -10.9. The van der Waals surface area contributed by atoms with Crippen molar-refractivity contribution in [3.63, 3.8) is 0 Å². The fourth-order valence-corrected chi connectivity index (χ4v) is 3.34. The fraction of sp³-hybridized carbons (Fsp3) is 0.417. The van der Waals surface area contributed by atoms with Crippen LogP contribution in [0.5, 0.6) is 11.5 Å². The third-order valence-electron chi connectivity index (χ3n) is 2.83. The van der Waals surface area contributed by atoms with E-state index in [1.165, 1.54) is 6.07 Å². The average Bonchev–Trinajstić information content (AvgIpc) is 2.43. The summed E-state index contributed by atoms with van der Waals surface area (Å²) in [5.74, 6) is -3.08. The van der Waals surface area contributed by atoms with Crippen molar-refractivity contribution in [3.8, 4) is 17.6 Å². The van der Waals surface area contributed by atoms with Crippen LogP contribution in [0.3, 0.4) is 0 Å². The maximum Gasteiger partial charge on any atom is 0.573 e. The smallest absolute Gasteiger partial charge is 0.404 e. The predicted octanol–water partition coefficient (Wildman–Crippen LogP) is 3.57. The molecule has 0 aliphatic carbocycles. The Balaban J connectivity index is 4.05. The van der Waals surface area contributed by atoms with Crippen molar-refractivity contribution in [2.45, 2.75) is 24.5 Å². The van der Waals surface area contributed by atoms with Crippen LogP contribution in [-0.2, 0) is 10.0 Å². The highest BCUT2D eigenvalue weighted by Gasteiger charge is 2.42. The minimum atomic E-state index is -5.52. The Kier molecular flexibility index (Phi) is 5.97. The minimum absolute atomic E-state index is 0.437. The lowest BCUT2D eigenvalue weighted by atomic mass is 10.1. The first-order chi connectivity index (χ1) is 11.5. The maximum absolute atomic E-state index is 12.7. The van der Waals surface area contributed by atoms with Gasteiger partial charge in [0.2, 0.25) is 10.0 Å². The fourth-order valence-electron chi connectivity index (χ4n) is 1.77. The maximum atomic E-state index is 12.7. The van der Waals surface area contributed by atoms with Crippen LogP contribution in [0.1, 0.15) is 11.1 Å². The van der Waals surface area contributed by atoms with Gasteiger partial charge in [-0.2, -0.15) is 5.26 Å². The summed E-state index contributed by atoms with van der Waals surface area (Å²) in [5.41, 5.74) is -1.77. The third-order valence-corrected chi connectivity index (χ3v) is 5.04. The number of nitriles is 1. The van der Waals surface area contributed by atoms with Crippen molar-refractivity contribution < 1.29 is 44.2 Å². The normalized spacial score (nSPS) is 12.8. The zero-order valence-corrected chi connectivity index (χ0v) is 14.7. The van der Waals surface area contributed by atoms with Crippen LogP contribution < -0.4 is 9.47 Å². The van der Waals surface area contributed by atoms with Crippen LogP contribution >= 0.6 is 11.6 Å². The molecule has 1 aromatic carbocycles. The second kappa shape index (κ2) is 7.01. The van der Waals surface area contributed by atoms with E-state index in [0.29, 0.717) is 4.31 Å². The summed E-state index contributed by atoms with van der Waals surface area (Å²) < 4.78 is 108. The van der Waals surface area contributed by atoms with E-state index in [0.717, 1.165) is 21.0 Å². The number of hydrogen-bond acceptors (Lipinski definition) is 5. The van der Waals surface area contributed by atoms with E-state index in [4.69, 9.17) is 16.9 Å². The summed E-state index contributed by atoms with van der Waals surface area (Å²) in [4.78, 5) is -1.33. The van der Waals surface area contributed by atoms with Crippen LogP contribution in [-0.4, -0.2) is 39.5 Å².